The summed E-state index contributed by atoms with van der Waals surface area (Å²) in [5, 5.41) is 1.58. The Bertz CT molecular complexity index is 1410. The lowest BCUT2D eigenvalue weighted by atomic mass is 10.00. The highest BCUT2D eigenvalue weighted by molar-refractivity contribution is 8.16. The zero-order valence-electron chi connectivity index (χ0n) is 18.3. The zero-order chi connectivity index (χ0) is 23.5. The maximum Gasteiger partial charge on any atom is 0.266 e. The van der Waals surface area contributed by atoms with Crippen LogP contribution in [0.2, 0.25) is 0 Å². The van der Waals surface area contributed by atoms with Gasteiger partial charge < -0.3 is 4.90 Å². The second-order valence-corrected chi connectivity index (χ2v) is 10.3. The van der Waals surface area contributed by atoms with Gasteiger partial charge in [-0.05, 0) is 53.9 Å². The second kappa shape index (κ2) is 10.0. The first-order valence-corrected chi connectivity index (χ1v) is 13.1. The minimum atomic E-state index is -0.367. The number of benzene rings is 3. The van der Waals surface area contributed by atoms with Gasteiger partial charge >= 0.3 is 0 Å². The molecular formula is C26H22FN3O2S2. The lowest BCUT2D eigenvalue weighted by Crippen LogP contribution is -2.37. The smallest absolute Gasteiger partial charge is 0.266 e. The van der Waals surface area contributed by atoms with Gasteiger partial charge in [0.1, 0.15) is 5.82 Å². The number of rotatable bonds is 6. The van der Waals surface area contributed by atoms with Crippen molar-refractivity contribution in [2.75, 3.05) is 17.4 Å². The Labute approximate surface area is 205 Å². The number of hydrogen-bond acceptors (Lipinski definition) is 5. The van der Waals surface area contributed by atoms with Gasteiger partial charge in [-0.15, -0.1) is 11.8 Å². The molecule has 0 unspecified atom stereocenters. The molecule has 8 heteroatoms. The molecular weight excluding hydrogens is 469 g/mol. The molecule has 0 bridgehead atoms. The Morgan fingerprint density at radius 1 is 0.971 bits per heavy atom. The largest absolute Gasteiger partial charge is 0.337 e. The number of amides is 1. The Balaban J connectivity index is 1.29. The predicted molar refractivity (Wildman–Crippen MR) is 136 cm³/mol. The molecule has 0 atom stereocenters. The quantitative estimate of drug-likeness (QED) is 0.166. The minimum Gasteiger partial charge on any atom is -0.337 e. The van der Waals surface area contributed by atoms with E-state index < -0.39 is 0 Å². The van der Waals surface area contributed by atoms with Crippen LogP contribution in [0, 0.1) is 5.82 Å². The van der Waals surface area contributed by atoms with Crippen LogP contribution in [0.15, 0.2) is 82.7 Å². The van der Waals surface area contributed by atoms with Crippen molar-refractivity contribution in [3.05, 3.63) is 100 Å². The SMILES string of the molecule is O=C(CSCSc1nc2ccccc2c(=O)n1-c1ccc(F)cc1)N1CCc2ccccc2C1. The van der Waals surface area contributed by atoms with Crippen LogP contribution in [0.25, 0.3) is 16.6 Å². The first-order chi connectivity index (χ1) is 16.6. The summed E-state index contributed by atoms with van der Waals surface area (Å²) in [6.07, 6.45) is 0.881. The van der Waals surface area contributed by atoms with Crippen LogP contribution < -0.4 is 5.56 Å². The Kier molecular flexibility index (Phi) is 6.69. The third kappa shape index (κ3) is 4.74. The lowest BCUT2D eigenvalue weighted by Gasteiger charge is -2.28. The molecule has 1 aliphatic rings. The molecule has 5 rings (SSSR count). The number of hydrogen-bond donors (Lipinski definition) is 0. The molecule has 0 N–H and O–H groups in total. The van der Waals surface area contributed by atoms with E-state index >= 15 is 0 Å². The number of nitrogens with zero attached hydrogens (tertiary/aromatic N) is 3. The van der Waals surface area contributed by atoms with Crippen LogP contribution in [-0.2, 0) is 17.8 Å². The van der Waals surface area contributed by atoms with Crippen molar-refractivity contribution in [2.45, 2.75) is 18.1 Å². The average molecular weight is 492 g/mol. The molecule has 2 heterocycles. The molecule has 1 aromatic heterocycles. The number of carbonyl (C=O) groups excluding carboxylic acids is 1. The number of fused-ring (bicyclic) bond motifs is 2. The highest BCUT2D eigenvalue weighted by Gasteiger charge is 2.20. The molecule has 5 nitrogen and oxygen atoms in total. The summed E-state index contributed by atoms with van der Waals surface area (Å²) in [6, 6.07) is 21.2. The third-order valence-corrected chi connectivity index (χ3v) is 7.93. The zero-order valence-corrected chi connectivity index (χ0v) is 19.9. The fourth-order valence-electron chi connectivity index (χ4n) is 4.05. The van der Waals surface area contributed by atoms with Crippen molar-refractivity contribution in [2.24, 2.45) is 0 Å². The molecule has 172 valence electrons. The summed E-state index contributed by atoms with van der Waals surface area (Å²) >= 11 is 2.91. The molecule has 4 aromatic rings. The third-order valence-electron chi connectivity index (χ3n) is 5.81. The van der Waals surface area contributed by atoms with E-state index in [1.54, 1.807) is 30.3 Å². The molecule has 1 aliphatic heterocycles. The van der Waals surface area contributed by atoms with Crippen LogP contribution in [0.1, 0.15) is 11.1 Å². The molecule has 0 spiro atoms. The molecule has 0 fully saturated rings. The van der Waals surface area contributed by atoms with Gasteiger partial charge in [0.2, 0.25) is 5.91 Å². The Morgan fingerprint density at radius 3 is 2.53 bits per heavy atom. The predicted octanol–water partition coefficient (Wildman–Crippen LogP) is 4.89. The van der Waals surface area contributed by atoms with E-state index in [1.165, 1.54) is 51.4 Å². The average Bonchev–Trinajstić information content (AvgIpc) is 2.87. The van der Waals surface area contributed by atoms with Gasteiger partial charge in [0, 0.05) is 18.2 Å². The van der Waals surface area contributed by atoms with Gasteiger partial charge in [-0.3, -0.25) is 14.2 Å². The summed E-state index contributed by atoms with van der Waals surface area (Å²) in [5.41, 5.74) is 3.50. The van der Waals surface area contributed by atoms with Crippen LogP contribution in [0.4, 0.5) is 4.39 Å². The summed E-state index contributed by atoms with van der Waals surface area (Å²) < 4.78 is 15.0. The second-order valence-electron chi connectivity index (χ2n) is 7.97. The van der Waals surface area contributed by atoms with E-state index in [1.807, 2.05) is 23.1 Å². The molecule has 1 amide bonds. The van der Waals surface area contributed by atoms with Gasteiger partial charge in [-0.25, -0.2) is 9.37 Å². The fourth-order valence-corrected chi connectivity index (χ4v) is 5.98. The molecule has 0 aliphatic carbocycles. The van der Waals surface area contributed by atoms with E-state index in [4.69, 9.17) is 0 Å². The van der Waals surface area contributed by atoms with Crippen LogP contribution in [0.3, 0.4) is 0 Å². The van der Waals surface area contributed by atoms with Crippen LogP contribution in [0.5, 0.6) is 0 Å². The van der Waals surface area contributed by atoms with Crippen molar-refractivity contribution in [1.29, 1.82) is 0 Å². The van der Waals surface area contributed by atoms with Crippen molar-refractivity contribution >= 4 is 40.3 Å². The number of halogens is 1. The van der Waals surface area contributed by atoms with E-state index in [0.29, 0.717) is 39.1 Å². The van der Waals surface area contributed by atoms with Crippen molar-refractivity contribution in [3.63, 3.8) is 0 Å². The number of para-hydroxylation sites is 1. The summed E-state index contributed by atoms with van der Waals surface area (Å²) in [5.74, 6) is 0.112. The molecule has 0 radical (unpaired) electrons. The van der Waals surface area contributed by atoms with Crippen molar-refractivity contribution in [1.82, 2.24) is 14.5 Å². The van der Waals surface area contributed by atoms with Crippen molar-refractivity contribution < 1.29 is 9.18 Å². The molecule has 0 saturated carbocycles. The highest BCUT2D eigenvalue weighted by Crippen LogP contribution is 2.26. The Morgan fingerprint density at radius 2 is 1.71 bits per heavy atom. The number of thioether (sulfide) groups is 2. The first kappa shape index (κ1) is 22.7. The van der Waals surface area contributed by atoms with Gasteiger partial charge in [0.25, 0.3) is 5.56 Å². The number of aromatic nitrogens is 2. The van der Waals surface area contributed by atoms with Gasteiger partial charge in [-0.2, -0.15) is 0 Å². The lowest BCUT2D eigenvalue weighted by molar-refractivity contribution is -0.129. The van der Waals surface area contributed by atoms with Gasteiger partial charge in [0.05, 0.1) is 22.3 Å². The Hall–Kier alpha value is -3.10. The summed E-state index contributed by atoms with van der Waals surface area (Å²) in [4.78, 5) is 32.6. The van der Waals surface area contributed by atoms with Crippen LogP contribution >= 0.6 is 23.5 Å². The normalized spacial score (nSPS) is 13.1. The standard InChI is InChI=1S/C26H22FN3O2S2/c27-20-9-11-21(12-10-20)30-25(32)22-7-3-4-8-23(22)28-26(30)34-17-33-16-24(31)29-14-13-18-5-1-2-6-19(18)15-29/h1-12H,13-17H2. The summed E-state index contributed by atoms with van der Waals surface area (Å²) in [7, 11) is 0. The minimum absolute atomic E-state index is 0.113. The van der Waals surface area contributed by atoms with Gasteiger partial charge in [-0.1, -0.05) is 48.2 Å². The van der Waals surface area contributed by atoms with E-state index in [0.717, 1.165) is 13.0 Å². The summed E-state index contributed by atoms with van der Waals surface area (Å²) in [6.45, 7) is 1.39. The molecule has 34 heavy (non-hydrogen) atoms. The van der Waals surface area contributed by atoms with Crippen molar-refractivity contribution in [3.8, 4) is 5.69 Å². The first-order valence-electron chi connectivity index (χ1n) is 10.9. The fraction of sp³-hybridized carbons (Fsp3) is 0.192. The van der Waals surface area contributed by atoms with E-state index in [2.05, 4.69) is 17.1 Å². The molecule has 0 saturated heterocycles. The maximum absolute atomic E-state index is 13.5. The maximum atomic E-state index is 13.5. The highest BCUT2D eigenvalue weighted by atomic mass is 32.2. The van der Waals surface area contributed by atoms with Crippen LogP contribution in [-0.4, -0.2) is 37.7 Å². The topological polar surface area (TPSA) is 55.2 Å². The van der Waals surface area contributed by atoms with E-state index in [9.17, 15) is 14.0 Å². The van der Waals surface area contributed by atoms with Gasteiger partial charge in [0.15, 0.2) is 5.16 Å². The van der Waals surface area contributed by atoms with E-state index in [-0.39, 0.29) is 17.3 Å². The molecule has 3 aromatic carbocycles. The number of carbonyl (C=O) groups is 1. The monoisotopic (exact) mass is 491 g/mol.